The fourth-order valence-corrected chi connectivity index (χ4v) is 3.13. The molecule has 1 aliphatic heterocycles. The second-order valence-corrected chi connectivity index (χ2v) is 5.70. The maximum Gasteiger partial charge on any atom is 0.328 e. The number of nitrogens with zero attached hydrogens (tertiary/aromatic N) is 2. The number of piperidine rings is 1. The van der Waals surface area contributed by atoms with Gasteiger partial charge in [0.25, 0.3) is 0 Å². The van der Waals surface area contributed by atoms with Gasteiger partial charge in [-0.15, -0.1) is 0 Å². The zero-order valence-corrected chi connectivity index (χ0v) is 12.0. The number of aromatic nitrogens is 2. The molecule has 5 nitrogen and oxygen atoms in total. The highest BCUT2D eigenvalue weighted by Crippen LogP contribution is 2.28. The minimum Gasteiger partial charge on any atom is -0.388 e. The predicted molar refractivity (Wildman–Crippen MR) is 78.7 cm³/mol. The normalized spacial score (nSPS) is 21.2. The largest absolute Gasteiger partial charge is 0.388 e. The van der Waals surface area contributed by atoms with E-state index in [1.54, 1.807) is 23.2 Å². The van der Waals surface area contributed by atoms with Gasteiger partial charge in [-0.1, -0.05) is 6.07 Å². The van der Waals surface area contributed by atoms with Crippen molar-refractivity contribution >= 4 is 11.0 Å². The summed E-state index contributed by atoms with van der Waals surface area (Å²) in [5, 5.41) is 13.9. The third-order valence-corrected chi connectivity index (χ3v) is 4.42. The van der Waals surface area contributed by atoms with Crippen LogP contribution >= 0.6 is 0 Å². The quantitative estimate of drug-likeness (QED) is 0.856. The Morgan fingerprint density at radius 2 is 2.05 bits per heavy atom. The second-order valence-electron chi connectivity index (χ2n) is 5.70. The molecule has 2 heterocycles. The van der Waals surface area contributed by atoms with Crippen LogP contribution in [0.15, 0.2) is 23.0 Å². The number of fused-ring (bicyclic) bond motifs is 1. The number of nitrogens with one attached hydrogen (secondary N) is 1. The van der Waals surface area contributed by atoms with Crippen molar-refractivity contribution in [2.45, 2.75) is 18.9 Å². The third kappa shape index (κ3) is 2.07. The average molecular weight is 275 g/mol. The van der Waals surface area contributed by atoms with Gasteiger partial charge in [0.05, 0.1) is 17.1 Å². The van der Waals surface area contributed by atoms with E-state index in [-0.39, 0.29) is 11.6 Å². The molecule has 2 N–H and O–H groups in total. The third-order valence-electron chi connectivity index (χ3n) is 4.42. The van der Waals surface area contributed by atoms with Crippen LogP contribution in [0.4, 0.5) is 0 Å². The van der Waals surface area contributed by atoms with E-state index in [0.717, 1.165) is 42.5 Å². The molecular formula is C15H21N3O2. The van der Waals surface area contributed by atoms with Crippen molar-refractivity contribution in [2.24, 2.45) is 20.0 Å². The summed E-state index contributed by atoms with van der Waals surface area (Å²) in [7, 11) is 3.54. The number of hydrogen-bond donors (Lipinski definition) is 2. The van der Waals surface area contributed by atoms with Crippen LogP contribution in [0.3, 0.4) is 0 Å². The van der Waals surface area contributed by atoms with Gasteiger partial charge in [-0.3, -0.25) is 9.13 Å². The Hall–Kier alpha value is -1.59. The molecule has 0 spiro atoms. The molecule has 1 saturated heterocycles. The van der Waals surface area contributed by atoms with Crippen molar-refractivity contribution in [1.29, 1.82) is 0 Å². The van der Waals surface area contributed by atoms with Gasteiger partial charge in [0, 0.05) is 26.6 Å². The molecule has 0 radical (unpaired) electrons. The fraction of sp³-hybridized carbons (Fsp3) is 0.533. The summed E-state index contributed by atoms with van der Waals surface area (Å²) >= 11 is 0. The Morgan fingerprint density at radius 3 is 2.75 bits per heavy atom. The Bertz CT molecular complexity index is 680. The summed E-state index contributed by atoms with van der Waals surface area (Å²) < 4.78 is 3.26. The van der Waals surface area contributed by atoms with E-state index in [0.29, 0.717) is 0 Å². The fourth-order valence-electron chi connectivity index (χ4n) is 3.13. The molecule has 2 unspecified atom stereocenters. The zero-order chi connectivity index (χ0) is 14.3. The number of aliphatic hydroxyl groups is 1. The summed E-state index contributed by atoms with van der Waals surface area (Å²) in [6.45, 7) is 1.89. The van der Waals surface area contributed by atoms with Gasteiger partial charge in [-0.25, -0.2) is 4.79 Å². The number of aliphatic hydroxyl groups excluding tert-OH is 1. The molecule has 1 fully saturated rings. The molecule has 1 aliphatic rings. The lowest BCUT2D eigenvalue weighted by molar-refractivity contribution is 0.0923. The number of imidazole rings is 1. The standard InChI is InChI=1S/C15H21N3O2/c1-17-12-6-5-10(8-13(12)18(2)15(17)20)14(19)11-4-3-7-16-9-11/h5-6,8,11,14,16,19H,3-4,7,9H2,1-2H3. The average Bonchev–Trinajstić information content (AvgIpc) is 2.72. The maximum atomic E-state index is 11.9. The number of rotatable bonds is 2. The van der Waals surface area contributed by atoms with Crippen LogP contribution in [0.2, 0.25) is 0 Å². The van der Waals surface area contributed by atoms with E-state index in [1.807, 2.05) is 18.2 Å². The molecule has 2 aromatic rings. The van der Waals surface area contributed by atoms with Crippen LogP contribution in [0, 0.1) is 5.92 Å². The molecule has 108 valence electrons. The molecule has 0 bridgehead atoms. The Kier molecular flexibility index (Phi) is 3.40. The first-order chi connectivity index (χ1) is 9.59. The molecule has 2 atom stereocenters. The molecule has 5 heteroatoms. The van der Waals surface area contributed by atoms with Crippen molar-refractivity contribution in [3.05, 3.63) is 34.2 Å². The molecule has 20 heavy (non-hydrogen) atoms. The van der Waals surface area contributed by atoms with Crippen LogP contribution in [0.25, 0.3) is 11.0 Å². The van der Waals surface area contributed by atoms with Gasteiger partial charge < -0.3 is 10.4 Å². The summed E-state index contributed by atoms with van der Waals surface area (Å²) in [6, 6.07) is 5.79. The predicted octanol–water partition coefficient (Wildman–Crippen LogP) is 0.910. The Morgan fingerprint density at radius 1 is 1.30 bits per heavy atom. The van der Waals surface area contributed by atoms with Crippen LogP contribution < -0.4 is 11.0 Å². The first kappa shape index (κ1) is 13.4. The summed E-state index contributed by atoms with van der Waals surface area (Å²) in [5.41, 5.74) is 2.63. The van der Waals surface area contributed by atoms with Crippen molar-refractivity contribution in [1.82, 2.24) is 14.5 Å². The molecule has 1 aromatic heterocycles. The highest BCUT2D eigenvalue weighted by Gasteiger charge is 2.23. The molecule has 1 aromatic carbocycles. The summed E-state index contributed by atoms with van der Waals surface area (Å²) in [4.78, 5) is 11.9. The molecule has 3 rings (SSSR count). The second kappa shape index (κ2) is 5.07. The minimum atomic E-state index is -0.470. The molecule has 0 saturated carbocycles. The molecule has 0 amide bonds. The highest BCUT2D eigenvalue weighted by atomic mass is 16.3. The van der Waals surface area contributed by atoms with Gasteiger partial charge >= 0.3 is 5.69 Å². The zero-order valence-electron chi connectivity index (χ0n) is 12.0. The summed E-state index contributed by atoms with van der Waals surface area (Å²) in [5.74, 6) is 0.252. The van der Waals surface area contributed by atoms with Crippen LogP contribution in [0.5, 0.6) is 0 Å². The number of benzene rings is 1. The molecular weight excluding hydrogens is 254 g/mol. The van der Waals surface area contributed by atoms with Gasteiger partial charge in [0.1, 0.15) is 0 Å². The van der Waals surface area contributed by atoms with Crippen molar-refractivity contribution in [3.8, 4) is 0 Å². The molecule has 0 aliphatic carbocycles. The van der Waals surface area contributed by atoms with E-state index in [1.165, 1.54) is 0 Å². The maximum absolute atomic E-state index is 11.9. The van der Waals surface area contributed by atoms with Crippen LogP contribution in [0.1, 0.15) is 24.5 Å². The lowest BCUT2D eigenvalue weighted by atomic mass is 9.89. The number of aryl methyl sites for hydroxylation is 2. The van der Waals surface area contributed by atoms with Gasteiger partial charge in [0.15, 0.2) is 0 Å². The Labute approximate surface area is 117 Å². The summed E-state index contributed by atoms with van der Waals surface area (Å²) in [6.07, 6.45) is 1.68. The SMILES string of the molecule is Cn1c(=O)n(C)c2cc(C(O)C3CCCNC3)ccc21. The van der Waals surface area contributed by atoms with Crippen LogP contribution in [-0.4, -0.2) is 27.3 Å². The highest BCUT2D eigenvalue weighted by molar-refractivity contribution is 5.76. The smallest absolute Gasteiger partial charge is 0.328 e. The van der Waals surface area contributed by atoms with Gasteiger partial charge in [-0.05, 0) is 37.1 Å². The monoisotopic (exact) mass is 275 g/mol. The van der Waals surface area contributed by atoms with E-state index in [2.05, 4.69) is 5.32 Å². The minimum absolute atomic E-state index is 0.0361. The first-order valence-corrected chi connectivity index (χ1v) is 7.13. The van der Waals surface area contributed by atoms with E-state index in [9.17, 15) is 9.90 Å². The van der Waals surface area contributed by atoms with Crippen molar-refractivity contribution < 1.29 is 5.11 Å². The topological polar surface area (TPSA) is 59.2 Å². The first-order valence-electron chi connectivity index (χ1n) is 7.13. The number of hydrogen-bond acceptors (Lipinski definition) is 3. The van der Waals surface area contributed by atoms with Gasteiger partial charge in [-0.2, -0.15) is 0 Å². The van der Waals surface area contributed by atoms with Crippen molar-refractivity contribution in [3.63, 3.8) is 0 Å². The lowest BCUT2D eigenvalue weighted by Crippen LogP contribution is -2.33. The van der Waals surface area contributed by atoms with E-state index < -0.39 is 6.10 Å². The van der Waals surface area contributed by atoms with Gasteiger partial charge in [0.2, 0.25) is 0 Å². The van der Waals surface area contributed by atoms with Crippen LogP contribution in [-0.2, 0) is 14.1 Å². The lowest BCUT2D eigenvalue weighted by Gasteiger charge is -2.27. The van der Waals surface area contributed by atoms with Crippen molar-refractivity contribution in [2.75, 3.05) is 13.1 Å². The Balaban J connectivity index is 2.00. The van der Waals surface area contributed by atoms with E-state index >= 15 is 0 Å². The van der Waals surface area contributed by atoms with E-state index in [4.69, 9.17) is 0 Å².